The number of carbonyl (C=O) groups excluding carboxylic acids is 1. The Labute approximate surface area is 103 Å². The van der Waals surface area contributed by atoms with Gasteiger partial charge in [0.2, 0.25) is 0 Å². The van der Waals surface area contributed by atoms with E-state index in [1.807, 2.05) is 11.8 Å². The SMILES string of the molecule is CCCCCSCCCC(C)(N)C(=O)OC. The third-order valence-electron chi connectivity index (χ3n) is 2.53. The van der Waals surface area contributed by atoms with Crippen LogP contribution in [0.5, 0.6) is 0 Å². The third-order valence-corrected chi connectivity index (χ3v) is 3.68. The van der Waals surface area contributed by atoms with Crippen molar-refractivity contribution in [3.8, 4) is 0 Å². The lowest BCUT2D eigenvalue weighted by Gasteiger charge is -2.20. The first-order chi connectivity index (χ1) is 7.54. The maximum atomic E-state index is 11.3. The molecule has 0 aromatic heterocycles. The number of carbonyl (C=O) groups is 1. The topological polar surface area (TPSA) is 52.3 Å². The first-order valence-corrected chi connectivity index (χ1v) is 7.15. The highest BCUT2D eigenvalue weighted by atomic mass is 32.2. The molecule has 0 amide bonds. The zero-order valence-electron chi connectivity index (χ0n) is 10.8. The number of rotatable bonds is 9. The van der Waals surface area contributed by atoms with Crippen molar-refractivity contribution in [1.29, 1.82) is 0 Å². The van der Waals surface area contributed by atoms with Crippen molar-refractivity contribution in [1.82, 2.24) is 0 Å². The van der Waals surface area contributed by atoms with Crippen molar-refractivity contribution in [2.45, 2.75) is 51.5 Å². The summed E-state index contributed by atoms with van der Waals surface area (Å²) >= 11 is 1.95. The molecular formula is C12H25NO2S. The maximum absolute atomic E-state index is 11.3. The van der Waals surface area contributed by atoms with Gasteiger partial charge in [0.15, 0.2) is 0 Å². The van der Waals surface area contributed by atoms with Crippen molar-refractivity contribution in [2.24, 2.45) is 5.73 Å². The molecular weight excluding hydrogens is 222 g/mol. The molecule has 0 fully saturated rings. The molecule has 0 aliphatic rings. The lowest BCUT2D eigenvalue weighted by atomic mass is 9.98. The molecule has 0 saturated heterocycles. The van der Waals surface area contributed by atoms with Gasteiger partial charge in [-0.2, -0.15) is 11.8 Å². The van der Waals surface area contributed by atoms with Crippen LogP contribution in [0, 0.1) is 0 Å². The van der Waals surface area contributed by atoms with E-state index in [2.05, 4.69) is 11.7 Å². The molecule has 1 atom stereocenters. The summed E-state index contributed by atoms with van der Waals surface area (Å²) in [5, 5.41) is 0. The smallest absolute Gasteiger partial charge is 0.325 e. The highest BCUT2D eigenvalue weighted by Crippen LogP contribution is 2.15. The van der Waals surface area contributed by atoms with Gasteiger partial charge in [0.05, 0.1) is 7.11 Å². The maximum Gasteiger partial charge on any atom is 0.325 e. The number of ether oxygens (including phenoxy) is 1. The van der Waals surface area contributed by atoms with Crippen LogP contribution in [0.1, 0.15) is 46.0 Å². The predicted octanol–water partition coefficient (Wildman–Crippen LogP) is 2.58. The highest BCUT2D eigenvalue weighted by molar-refractivity contribution is 7.99. The van der Waals surface area contributed by atoms with E-state index in [4.69, 9.17) is 5.73 Å². The molecule has 0 radical (unpaired) electrons. The lowest BCUT2D eigenvalue weighted by Crippen LogP contribution is -2.45. The van der Waals surface area contributed by atoms with Gasteiger partial charge in [-0.3, -0.25) is 4.79 Å². The number of unbranched alkanes of at least 4 members (excludes halogenated alkanes) is 2. The van der Waals surface area contributed by atoms with Gasteiger partial charge in [0, 0.05) is 0 Å². The number of methoxy groups -OCH3 is 1. The first-order valence-electron chi connectivity index (χ1n) is 5.99. The number of hydrogen-bond acceptors (Lipinski definition) is 4. The summed E-state index contributed by atoms with van der Waals surface area (Å²) in [6, 6.07) is 0. The molecule has 3 nitrogen and oxygen atoms in total. The van der Waals surface area contributed by atoms with E-state index in [-0.39, 0.29) is 5.97 Å². The largest absolute Gasteiger partial charge is 0.468 e. The zero-order chi connectivity index (χ0) is 12.4. The van der Waals surface area contributed by atoms with E-state index in [9.17, 15) is 4.79 Å². The average molecular weight is 247 g/mol. The van der Waals surface area contributed by atoms with Crippen LogP contribution < -0.4 is 5.73 Å². The van der Waals surface area contributed by atoms with Crippen molar-refractivity contribution < 1.29 is 9.53 Å². The summed E-state index contributed by atoms with van der Waals surface area (Å²) in [6.45, 7) is 3.95. The third kappa shape index (κ3) is 7.12. The van der Waals surface area contributed by atoms with Gasteiger partial charge < -0.3 is 10.5 Å². The molecule has 0 spiro atoms. The van der Waals surface area contributed by atoms with Crippen LogP contribution in [0.2, 0.25) is 0 Å². The minimum atomic E-state index is -0.821. The molecule has 0 rings (SSSR count). The summed E-state index contributed by atoms with van der Waals surface area (Å²) in [5.74, 6) is 1.98. The second-order valence-corrected chi connectivity index (χ2v) is 5.56. The van der Waals surface area contributed by atoms with Crippen molar-refractivity contribution in [3.05, 3.63) is 0 Å². The van der Waals surface area contributed by atoms with Crippen LogP contribution in [0.4, 0.5) is 0 Å². The Morgan fingerprint density at radius 2 is 1.94 bits per heavy atom. The van der Waals surface area contributed by atoms with Crippen LogP contribution in [0.3, 0.4) is 0 Å². The van der Waals surface area contributed by atoms with Gasteiger partial charge in [-0.15, -0.1) is 0 Å². The predicted molar refractivity (Wildman–Crippen MR) is 70.7 cm³/mol. The summed E-state index contributed by atoms with van der Waals surface area (Å²) < 4.78 is 4.65. The summed E-state index contributed by atoms with van der Waals surface area (Å²) in [7, 11) is 1.38. The fourth-order valence-corrected chi connectivity index (χ4v) is 2.39. The molecule has 0 saturated carbocycles. The zero-order valence-corrected chi connectivity index (χ0v) is 11.6. The van der Waals surface area contributed by atoms with Gasteiger partial charge in [0.1, 0.15) is 5.54 Å². The Hall–Kier alpha value is -0.220. The molecule has 0 aliphatic carbocycles. The van der Waals surface area contributed by atoms with E-state index >= 15 is 0 Å². The van der Waals surface area contributed by atoms with Gasteiger partial charge in [-0.1, -0.05) is 19.8 Å². The Morgan fingerprint density at radius 3 is 2.50 bits per heavy atom. The molecule has 0 aromatic rings. The fraction of sp³-hybridized carbons (Fsp3) is 0.917. The number of thioether (sulfide) groups is 1. The molecule has 2 N–H and O–H groups in total. The van der Waals surface area contributed by atoms with Crippen molar-refractivity contribution in [2.75, 3.05) is 18.6 Å². The van der Waals surface area contributed by atoms with E-state index < -0.39 is 5.54 Å². The summed E-state index contributed by atoms with van der Waals surface area (Å²) in [5.41, 5.74) is 5.03. The summed E-state index contributed by atoms with van der Waals surface area (Å²) in [6.07, 6.45) is 5.53. The normalized spacial score (nSPS) is 14.5. The number of hydrogen-bond donors (Lipinski definition) is 1. The van der Waals surface area contributed by atoms with Gasteiger partial charge in [-0.05, 0) is 37.7 Å². The molecule has 0 aromatic carbocycles. The van der Waals surface area contributed by atoms with E-state index in [1.54, 1.807) is 6.92 Å². The Bertz CT molecular complexity index is 195. The average Bonchev–Trinajstić information content (AvgIpc) is 2.26. The molecule has 0 aliphatic heterocycles. The monoisotopic (exact) mass is 247 g/mol. The van der Waals surface area contributed by atoms with Gasteiger partial charge in [0.25, 0.3) is 0 Å². The highest BCUT2D eigenvalue weighted by Gasteiger charge is 2.28. The molecule has 96 valence electrons. The molecule has 0 heterocycles. The van der Waals surface area contributed by atoms with E-state index in [0.717, 1.165) is 12.2 Å². The summed E-state index contributed by atoms with van der Waals surface area (Å²) in [4.78, 5) is 11.3. The quantitative estimate of drug-likeness (QED) is 0.502. The molecule has 0 bridgehead atoms. The Morgan fingerprint density at radius 1 is 1.31 bits per heavy atom. The molecule has 1 unspecified atom stereocenters. The first kappa shape index (κ1) is 15.8. The van der Waals surface area contributed by atoms with Crippen LogP contribution in [-0.4, -0.2) is 30.1 Å². The van der Waals surface area contributed by atoms with E-state index in [0.29, 0.717) is 6.42 Å². The van der Waals surface area contributed by atoms with Gasteiger partial charge in [-0.25, -0.2) is 0 Å². The number of esters is 1. The minimum absolute atomic E-state index is 0.316. The molecule has 4 heteroatoms. The van der Waals surface area contributed by atoms with Crippen molar-refractivity contribution in [3.63, 3.8) is 0 Å². The fourth-order valence-electron chi connectivity index (χ4n) is 1.43. The van der Waals surface area contributed by atoms with Crippen LogP contribution in [0.15, 0.2) is 0 Å². The second-order valence-electron chi connectivity index (χ2n) is 4.33. The van der Waals surface area contributed by atoms with E-state index in [1.165, 1.54) is 32.1 Å². The van der Waals surface area contributed by atoms with Gasteiger partial charge >= 0.3 is 5.97 Å². The minimum Gasteiger partial charge on any atom is -0.468 e. The van der Waals surface area contributed by atoms with Crippen molar-refractivity contribution >= 4 is 17.7 Å². The van der Waals surface area contributed by atoms with Crippen LogP contribution in [-0.2, 0) is 9.53 Å². The lowest BCUT2D eigenvalue weighted by molar-refractivity contribution is -0.146. The number of nitrogens with two attached hydrogens (primary N) is 1. The van der Waals surface area contributed by atoms with Crippen LogP contribution >= 0.6 is 11.8 Å². The standard InChI is InChI=1S/C12H25NO2S/c1-4-5-6-9-16-10-7-8-12(2,13)11(14)15-3/h4-10,13H2,1-3H3. The second kappa shape index (κ2) is 8.88. The molecule has 16 heavy (non-hydrogen) atoms. The van der Waals surface area contributed by atoms with Crippen LogP contribution in [0.25, 0.3) is 0 Å². The Balaban J connectivity index is 3.47. The Kier molecular flexibility index (Phi) is 8.76.